The monoisotopic (exact) mass is 169 g/mol. The Bertz CT molecular complexity index is 198. The first kappa shape index (κ1) is 8.83. The fourth-order valence-corrected chi connectivity index (χ4v) is 1.38. The number of rotatable bonds is 1. The molecule has 1 saturated carbocycles. The molecule has 1 fully saturated rings. The average Bonchev–Trinajstić information content (AvgIpc) is 2.37. The van der Waals surface area contributed by atoms with Crippen molar-refractivity contribution >= 4 is 11.9 Å². The second kappa shape index (κ2) is 3.94. The summed E-state index contributed by atoms with van der Waals surface area (Å²) in [5.74, 6) is 0.163. The van der Waals surface area contributed by atoms with Gasteiger partial charge in [-0.2, -0.15) is 4.99 Å². The first-order chi connectivity index (χ1) is 5.68. The number of aliphatic imine (C=N–C) groups is 2. The van der Waals surface area contributed by atoms with Gasteiger partial charge in [-0.15, -0.1) is 0 Å². The summed E-state index contributed by atoms with van der Waals surface area (Å²) in [6, 6.07) is 0.327. The van der Waals surface area contributed by atoms with Crippen molar-refractivity contribution in [1.82, 2.24) is 0 Å². The van der Waals surface area contributed by atoms with E-state index in [-0.39, 0.29) is 11.9 Å². The molecule has 0 aromatic carbocycles. The minimum Gasteiger partial charge on any atom is -0.370 e. The van der Waals surface area contributed by atoms with Crippen LogP contribution in [0.3, 0.4) is 0 Å². The van der Waals surface area contributed by atoms with E-state index in [9.17, 15) is 0 Å². The van der Waals surface area contributed by atoms with E-state index < -0.39 is 0 Å². The summed E-state index contributed by atoms with van der Waals surface area (Å²) >= 11 is 0. The Morgan fingerprint density at radius 1 is 1.08 bits per heavy atom. The van der Waals surface area contributed by atoms with Crippen LogP contribution in [-0.4, -0.2) is 18.0 Å². The lowest BCUT2D eigenvalue weighted by atomic mass is 10.3. The SMILES string of the molecule is NC(N)=NC(N)=NC1CCCC1. The molecule has 0 amide bonds. The molecule has 0 radical (unpaired) electrons. The van der Waals surface area contributed by atoms with Gasteiger partial charge in [0.15, 0.2) is 5.96 Å². The van der Waals surface area contributed by atoms with E-state index in [1.807, 2.05) is 0 Å². The van der Waals surface area contributed by atoms with Crippen LogP contribution in [-0.2, 0) is 0 Å². The van der Waals surface area contributed by atoms with Crippen molar-refractivity contribution in [2.75, 3.05) is 0 Å². The van der Waals surface area contributed by atoms with Crippen molar-refractivity contribution in [3.8, 4) is 0 Å². The highest BCUT2D eigenvalue weighted by Gasteiger charge is 2.13. The van der Waals surface area contributed by atoms with Crippen LogP contribution in [0.1, 0.15) is 25.7 Å². The van der Waals surface area contributed by atoms with E-state index in [4.69, 9.17) is 17.2 Å². The van der Waals surface area contributed by atoms with Gasteiger partial charge in [-0.05, 0) is 12.8 Å². The van der Waals surface area contributed by atoms with Crippen molar-refractivity contribution in [2.45, 2.75) is 31.7 Å². The van der Waals surface area contributed by atoms with Crippen molar-refractivity contribution in [3.05, 3.63) is 0 Å². The third-order valence-corrected chi connectivity index (χ3v) is 1.88. The van der Waals surface area contributed by atoms with Crippen LogP contribution in [0, 0.1) is 0 Å². The highest BCUT2D eigenvalue weighted by atomic mass is 15.1. The molecule has 0 saturated heterocycles. The smallest absolute Gasteiger partial charge is 0.218 e. The van der Waals surface area contributed by atoms with Crippen LogP contribution in [0.2, 0.25) is 0 Å². The Hall–Kier alpha value is -1.26. The van der Waals surface area contributed by atoms with Crippen molar-refractivity contribution < 1.29 is 0 Å². The second-order valence-corrected chi connectivity index (χ2v) is 2.96. The van der Waals surface area contributed by atoms with E-state index in [0.717, 1.165) is 12.8 Å². The zero-order valence-corrected chi connectivity index (χ0v) is 7.03. The molecule has 0 bridgehead atoms. The molecule has 6 N–H and O–H groups in total. The molecular weight excluding hydrogens is 154 g/mol. The largest absolute Gasteiger partial charge is 0.370 e. The number of hydrogen-bond acceptors (Lipinski definition) is 1. The second-order valence-electron chi connectivity index (χ2n) is 2.96. The number of nitrogens with two attached hydrogens (primary N) is 3. The van der Waals surface area contributed by atoms with Crippen LogP contribution in [0.5, 0.6) is 0 Å². The lowest BCUT2D eigenvalue weighted by Gasteiger charge is -2.01. The zero-order valence-electron chi connectivity index (χ0n) is 7.03. The first-order valence-electron chi connectivity index (χ1n) is 4.11. The summed E-state index contributed by atoms with van der Waals surface area (Å²) in [6.45, 7) is 0. The molecule has 1 rings (SSSR count). The standard InChI is InChI=1S/C7H15N5/c8-6(9)12-7(10)11-5-3-1-2-4-5/h5H,1-4H2,(H6,8,9,10,11,12). The maximum atomic E-state index is 5.46. The van der Waals surface area contributed by atoms with E-state index >= 15 is 0 Å². The molecule has 1 aliphatic rings. The lowest BCUT2D eigenvalue weighted by Crippen LogP contribution is -2.27. The Kier molecular flexibility index (Phi) is 2.90. The van der Waals surface area contributed by atoms with E-state index in [0.29, 0.717) is 6.04 Å². The number of hydrogen-bond donors (Lipinski definition) is 3. The molecule has 12 heavy (non-hydrogen) atoms. The summed E-state index contributed by atoms with van der Waals surface area (Å²) < 4.78 is 0. The molecule has 0 aliphatic heterocycles. The fourth-order valence-electron chi connectivity index (χ4n) is 1.38. The normalized spacial score (nSPS) is 19.5. The van der Waals surface area contributed by atoms with Gasteiger partial charge in [-0.1, -0.05) is 12.8 Å². The van der Waals surface area contributed by atoms with Crippen LogP contribution in [0.4, 0.5) is 0 Å². The summed E-state index contributed by atoms with van der Waals surface area (Å²) in [4.78, 5) is 7.80. The first-order valence-corrected chi connectivity index (χ1v) is 4.11. The fraction of sp³-hybridized carbons (Fsp3) is 0.714. The van der Waals surface area contributed by atoms with E-state index in [1.165, 1.54) is 12.8 Å². The van der Waals surface area contributed by atoms with Crippen LogP contribution in [0.25, 0.3) is 0 Å². The van der Waals surface area contributed by atoms with Gasteiger partial charge < -0.3 is 17.2 Å². The molecule has 5 heteroatoms. The molecule has 68 valence electrons. The van der Waals surface area contributed by atoms with Crippen molar-refractivity contribution in [1.29, 1.82) is 0 Å². The van der Waals surface area contributed by atoms with Gasteiger partial charge in [0.25, 0.3) is 0 Å². The third-order valence-electron chi connectivity index (χ3n) is 1.88. The molecule has 0 heterocycles. The molecule has 0 unspecified atom stereocenters. The summed E-state index contributed by atoms with van der Waals surface area (Å²) in [7, 11) is 0. The van der Waals surface area contributed by atoms with Crippen molar-refractivity contribution in [3.63, 3.8) is 0 Å². The maximum absolute atomic E-state index is 5.46. The van der Waals surface area contributed by atoms with Gasteiger partial charge in [0.05, 0.1) is 6.04 Å². The van der Waals surface area contributed by atoms with Gasteiger partial charge in [0.1, 0.15) is 0 Å². The average molecular weight is 169 g/mol. The Morgan fingerprint density at radius 3 is 2.17 bits per heavy atom. The predicted octanol–water partition coefficient (Wildman–Crippen LogP) is -0.483. The lowest BCUT2D eigenvalue weighted by molar-refractivity contribution is 0.704. The van der Waals surface area contributed by atoms with Crippen LogP contribution in [0.15, 0.2) is 9.98 Å². The van der Waals surface area contributed by atoms with Gasteiger partial charge in [0.2, 0.25) is 5.96 Å². The number of guanidine groups is 2. The van der Waals surface area contributed by atoms with Gasteiger partial charge in [-0.25, -0.2) is 4.99 Å². The van der Waals surface area contributed by atoms with Crippen molar-refractivity contribution in [2.24, 2.45) is 27.2 Å². The molecule has 0 aromatic rings. The quantitative estimate of drug-likeness (QED) is 0.364. The molecule has 0 aromatic heterocycles. The Labute approximate surface area is 71.7 Å². The molecular formula is C7H15N5. The van der Waals surface area contributed by atoms with Gasteiger partial charge in [0, 0.05) is 0 Å². The minimum atomic E-state index is -0.0331. The van der Waals surface area contributed by atoms with Gasteiger partial charge >= 0.3 is 0 Å². The number of nitrogens with zero attached hydrogens (tertiary/aromatic N) is 2. The van der Waals surface area contributed by atoms with Crippen LogP contribution < -0.4 is 17.2 Å². The van der Waals surface area contributed by atoms with Gasteiger partial charge in [-0.3, -0.25) is 0 Å². The zero-order chi connectivity index (χ0) is 8.97. The highest BCUT2D eigenvalue weighted by molar-refractivity contribution is 5.92. The summed E-state index contributed by atoms with van der Waals surface area (Å²) in [5, 5.41) is 0. The molecule has 0 spiro atoms. The third kappa shape index (κ3) is 2.77. The molecule has 1 aliphatic carbocycles. The maximum Gasteiger partial charge on any atom is 0.218 e. The Morgan fingerprint density at radius 2 is 1.67 bits per heavy atom. The highest BCUT2D eigenvalue weighted by Crippen LogP contribution is 2.20. The van der Waals surface area contributed by atoms with E-state index in [2.05, 4.69) is 9.98 Å². The summed E-state index contributed by atoms with van der Waals surface area (Å²) in [6.07, 6.45) is 4.65. The van der Waals surface area contributed by atoms with E-state index in [1.54, 1.807) is 0 Å². The summed E-state index contributed by atoms with van der Waals surface area (Å²) in [5.41, 5.74) is 15.7. The topological polar surface area (TPSA) is 103 Å². The minimum absolute atomic E-state index is 0.0331. The predicted molar refractivity (Wildman–Crippen MR) is 49.7 cm³/mol. The Balaban J connectivity index is 2.49. The molecule has 0 atom stereocenters. The van der Waals surface area contributed by atoms with Crippen LogP contribution >= 0.6 is 0 Å². The molecule has 5 nitrogen and oxygen atoms in total.